The first kappa shape index (κ1) is 15.8. The Bertz CT molecular complexity index is 689. The molecule has 1 aliphatic rings. The van der Waals surface area contributed by atoms with Crippen LogP contribution < -0.4 is 4.74 Å². The summed E-state index contributed by atoms with van der Waals surface area (Å²) in [4.78, 5) is 21.4. The summed E-state index contributed by atoms with van der Waals surface area (Å²) < 4.78 is 5.52. The number of nitrogens with one attached hydrogen (secondary N) is 1. The number of nitrogens with zero attached hydrogens (tertiary/aromatic N) is 2. The molecule has 3 rings (SSSR count). The Morgan fingerprint density at radius 2 is 2.22 bits per heavy atom. The zero-order chi connectivity index (χ0) is 16.4. The van der Waals surface area contributed by atoms with Crippen LogP contribution in [0.5, 0.6) is 5.75 Å². The molecule has 1 atom stereocenters. The number of hydrogen-bond donors (Lipinski definition) is 2. The maximum atomic E-state index is 11.1. The molecule has 0 amide bonds. The molecule has 1 fully saturated rings. The number of rotatable bonds is 5. The summed E-state index contributed by atoms with van der Waals surface area (Å²) in [5, 5.41) is 9.10. The third-order valence-electron chi connectivity index (χ3n) is 4.60. The molecule has 1 saturated heterocycles. The van der Waals surface area contributed by atoms with Crippen molar-refractivity contribution in [3.8, 4) is 5.75 Å². The van der Waals surface area contributed by atoms with Crippen LogP contribution in [-0.4, -0.2) is 45.6 Å². The van der Waals surface area contributed by atoms with Crippen LogP contribution >= 0.6 is 0 Å². The van der Waals surface area contributed by atoms with Crippen molar-refractivity contribution in [2.75, 3.05) is 19.7 Å². The average Bonchev–Trinajstić information content (AvgIpc) is 2.98. The first-order valence-electron chi connectivity index (χ1n) is 8.17. The van der Waals surface area contributed by atoms with Crippen molar-refractivity contribution in [1.29, 1.82) is 0 Å². The number of imidazole rings is 1. The largest absolute Gasteiger partial charge is 0.494 e. The molecule has 6 heteroatoms. The number of H-pyrrole nitrogens is 1. The number of aliphatic carboxylic acids is 1. The third kappa shape index (κ3) is 3.32. The smallest absolute Gasteiger partial charge is 0.306 e. The lowest BCUT2D eigenvalue weighted by atomic mass is 9.96. The number of hydrogen-bond acceptors (Lipinski definition) is 4. The Morgan fingerprint density at radius 3 is 2.87 bits per heavy atom. The zero-order valence-electron chi connectivity index (χ0n) is 13.6. The van der Waals surface area contributed by atoms with Crippen molar-refractivity contribution < 1.29 is 14.6 Å². The molecule has 1 aromatic heterocycles. The van der Waals surface area contributed by atoms with Gasteiger partial charge in [-0.15, -0.1) is 0 Å². The molecule has 0 spiro atoms. The van der Waals surface area contributed by atoms with Crippen LogP contribution in [0.1, 0.15) is 38.6 Å². The molecule has 124 valence electrons. The van der Waals surface area contributed by atoms with Crippen molar-refractivity contribution in [2.24, 2.45) is 5.92 Å². The third-order valence-corrected chi connectivity index (χ3v) is 4.60. The van der Waals surface area contributed by atoms with Gasteiger partial charge in [0.05, 0.1) is 29.6 Å². The van der Waals surface area contributed by atoms with E-state index >= 15 is 0 Å². The predicted octanol–water partition coefficient (Wildman–Crippen LogP) is 2.82. The fourth-order valence-electron chi connectivity index (χ4n) is 3.17. The molecule has 0 bridgehead atoms. The first-order valence-corrected chi connectivity index (χ1v) is 8.17. The monoisotopic (exact) mass is 317 g/mol. The number of likely N-dealkylation sites (tertiary alicyclic amines) is 1. The Labute approximate surface area is 135 Å². The van der Waals surface area contributed by atoms with Crippen LogP contribution in [0.2, 0.25) is 0 Å². The molecule has 1 aromatic carbocycles. The second-order valence-corrected chi connectivity index (χ2v) is 6.06. The highest BCUT2D eigenvalue weighted by Crippen LogP contribution is 2.27. The molecule has 2 heterocycles. The number of piperidine rings is 1. The summed E-state index contributed by atoms with van der Waals surface area (Å²) >= 11 is 0. The minimum atomic E-state index is -0.676. The summed E-state index contributed by atoms with van der Waals surface area (Å²) in [5.74, 6) is 0.875. The van der Waals surface area contributed by atoms with E-state index in [0.717, 1.165) is 35.7 Å². The summed E-state index contributed by atoms with van der Waals surface area (Å²) in [7, 11) is 0. The molecule has 1 unspecified atom stereocenters. The van der Waals surface area contributed by atoms with Gasteiger partial charge < -0.3 is 14.8 Å². The molecule has 0 saturated carbocycles. The lowest BCUT2D eigenvalue weighted by Gasteiger charge is -2.33. The van der Waals surface area contributed by atoms with Gasteiger partial charge in [-0.05, 0) is 51.9 Å². The second-order valence-electron chi connectivity index (χ2n) is 6.06. The lowest BCUT2D eigenvalue weighted by molar-refractivity contribution is -0.143. The van der Waals surface area contributed by atoms with Gasteiger partial charge in [0.2, 0.25) is 0 Å². The average molecular weight is 317 g/mol. The van der Waals surface area contributed by atoms with Crippen LogP contribution in [0, 0.1) is 5.92 Å². The maximum Gasteiger partial charge on any atom is 0.306 e. The number of carboxylic acid groups (broad SMARTS) is 1. The zero-order valence-corrected chi connectivity index (χ0v) is 13.6. The topological polar surface area (TPSA) is 78.4 Å². The summed E-state index contributed by atoms with van der Waals surface area (Å²) in [5.41, 5.74) is 1.90. The van der Waals surface area contributed by atoms with E-state index in [1.54, 1.807) is 0 Å². The number of aromatic nitrogens is 2. The van der Waals surface area contributed by atoms with E-state index in [2.05, 4.69) is 21.8 Å². The fraction of sp³-hybridized carbons (Fsp3) is 0.529. The van der Waals surface area contributed by atoms with E-state index in [4.69, 9.17) is 9.84 Å². The van der Waals surface area contributed by atoms with E-state index in [1.165, 1.54) is 0 Å². The molecule has 2 aromatic rings. The van der Waals surface area contributed by atoms with Gasteiger partial charge in [-0.1, -0.05) is 0 Å². The molecule has 23 heavy (non-hydrogen) atoms. The van der Waals surface area contributed by atoms with Gasteiger partial charge in [-0.25, -0.2) is 4.98 Å². The molecule has 6 nitrogen and oxygen atoms in total. The van der Waals surface area contributed by atoms with E-state index in [0.29, 0.717) is 19.4 Å². The molecule has 0 radical (unpaired) electrons. The highest BCUT2D eigenvalue weighted by Gasteiger charge is 2.28. The van der Waals surface area contributed by atoms with Gasteiger partial charge in [-0.3, -0.25) is 9.69 Å². The van der Waals surface area contributed by atoms with E-state index in [1.807, 2.05) is 25.1 Å². The van der Waals surface area contributed by atoms with Crippen molar-refractivity contribution in [3.05, 3.63) is 24.0 Å². The van der Waals surface area contributed by atoms with Gasteiger partial charge in [-0.2, -0.15) is 0 Å². The predicted molar refractivity (Wildman–Crippen MR) is 87.6 cm³/mol. The van der Waals surface area contributed by atoms with Crippen LogP contribution in [0.3, 0.4) is 0 Å². The molecule has 0 aliphatic carbocycles. The minimum absolute atomic E-state index is 0.146. The SMILES string of the molecule is CCOc1ccc2nc(C(C)N3CCC(C(=O)O)CC3)[nH]c2c1. The Hall–Kier alpha value is -2.08. The molecular weight excluding hydrogens is 294 g/mol. The Morgan fingerprint density at radius 1 is 1.48 bits per heavy atom. The quantitative estimate of drug-likeness (QED) is 0.886. The van der Waals surface area contributed by atoms with Crippen molar-refractivity contribution >= 4 is 17.0 Å². The number of fused-ring (bicyclic) bond motifs is 1. The first-order chi connectivity index (χ1) is 11.1. The maximum absolute atomic E-state index is 11.1. The van der Waals surface area contributed by atoms with Crippen LogP contribution in [0.25, 0.3) is 11.0 Å². The molecular formula is C17H23N3O3. The van der Waals surface area contributed by atoms with E-state index in [-0.39, 0.29) is 12.0 Å². The van der Waals surface area contributed by atoms with Crippen LogP contribution in [0.15, 0.2) is 18.2 Å². The van der Waals surface area contributed by atoms with Crippen LogP contribution in [-0.2, 0) is 4.79 Å². The number of carboxylic acids is 1. The standard InChI is InChI=1S/C17H23N3O3/c1-3-23-13-4-5-14-15(10-13)19-16(18-14)11(2)20-8-6-12(7-9-20)17(21)22/h4-5,10-12H,3,6-9H2,1-2H3,(H,18,19)(H,21,22). The van der Waals surface area contributed by atoms with E-state index in [9.17, 15) is 4.79 Å². The Balaban J connectivity index is 1.73. The second kappa shape index (κ2) is 6.58. The number of carbonyl (C=O) groups is 1. The van der Waals surface area contributed by atoms with Gasteiger partial charge >= 0.3 is 5.97 Å². The number of benzene rings is 1. The van der Waals surface area contributed by atoms with Crippen molar-refractivity contribution in [2.45, 2.75) is 32.7 Å². The lowest BCUT2D eigenvalue weighted by Crippen LogP contribution is -2.38. The summed E-state index contributed by atoms with van der Waals surface area (Å²) in [6.45, 7) is 6.30. The van der Waals surface area contributed by atoms with Gasteiger partial charge in [0, 0.05) is 6.07 Å². The minimum Gasteiger partial charge on any atom is -0.494 e. The normalized spacial score (nSPS) is 18.2. The number of aromatic amines is 1. The highest BCUT2D eigenvalue weighted by molar-refractivity contribution is 5.76. The van der Waals surface area contributed by atoms with Crippen molar-refractivity contribution in [3.63, 3.8) is 0 Å². The van der Waals surface area contributed by atoms with Gasteiger partial charge in [0.25, 0.3) is 0 Å². The summed E-state index contributed by atoms with van der Waals surface area (Å²) in [6, 6.07) is 6.01. The van der Waals surface area contributed by atoms with Gasteiger partial charge in [0.1, 0.15) is 11.6 Å². The molecule has 1 aliphatic heterocycles. The van der Waals surface area contributed by atoms with E-state index < -0.39 is 5.97 Å². The Kier molecular flexibility index (Phi) is 4.52. The number of ether oxygens (including phenoxy) is 1. The molecule has 2 N–H and O–H groups in total. The highest BCUT2D eigenvalue weighted by atomic mass is 16.5. The summed E-state index contributed by atoms with van der Waals surface area (Å²) in [6.07, 6.45) is 1.41. The fourth-order valence-corrected chi connectivity index (χ4v) is 3.17. The van der Waals surface area contributed by atoms with Gasteiger partial charge in [0.15, 0.2) is 0 Å². The van der Waals surface area contributed by atoms with Crippen LogP contribution in [0.4, 0.5) is 0 Å². The van der Waals surface area contributed by atoms with Crippen molar-refractivity contribution in [1.82, 2.24) is 14.9 Å².